The van der Waals surface area contributed by atoms with E-state index in [0.29, 0.717) is 51.6 Å². The normalized spacial score (nSPS) is 13.4. The number of halogens is 3. The maximum absolute atomic E-state index is 12.1. The molecule has 3 rings (SSSR count). The molecule has 2 aromatic rings. The van der Waals surface area contributed by atoms with Gasteiger partial charge in [0.25, 0.3) is 11.7 Å². The molecule has 0 saturated heterocycles. The van der Waals surface area contributed by atoms with E-state index in [0.717, 1.165) is 0 Å². The molecule has 0 aromatic heterocycles. The lowest BCUT2D eigenvalue weighted by Crippen LogP contribution is -2.31. The van der Waals surface area contributed by atoms with Gasteiger partial charge in [0.1, 0.15) is 5.75 Å². The zero-order chi connectivity index (χ0) is 17.3. The summed E-state index contributed by atoms with van der Waals surface area (Å²) in [5.74, 6) is -0.503. The van der Waals surface area contributed by atoms with Crippen LogP contribution >= 0.6 is 34.8 Å². The van der Waals surface area contributed by atoms with E-state index >= 15 is 0 Å². The molecule has 24 heavy (non-hydrogen) atoms. The number of rotatable bonds is 5. The Kier molecular flexibility index (Phi) is 4.99. The lowest BCUT2D eigenvalue weighted by atomic mass is 10.1. The Bertz CT molecular complexity index is 823. The highest BCUT2D eigenvalue weighted by Crippen LogP contribution is 2.35. The molecule has 0 radical (unpaired) electrons. The molecule has 1 aliphatic heterocycles. The molecule has 1 heterocycles. The molecular formula is C17H12Cl3NO3. The first-order chi connectivity index (χ1) is 11.5. The Hall–Kier alpha value is -1.75. The van der Waals surface area contributed by atoms with Crippen molar-refractivity contribution in [2.45, 2.75) is 6.42 Å². The molecular weight excluding hydrogens is 373 g/mol. The molecule has 7 heteroatoms. The van der Waals surface area contributed by atoms with Crippen molar-refractivity contribution in [3.05, 3.63) is 57.0 Å². The second-order valence-electron chi connectivity index (χ2n) is 5.20. The molecule has 2 aromatic carbocycles. The first-order valence-corrected chi connectivity index (χ1v) is 8.35. The third-order valence-electron chi connectivity index (χ3n) is 3.63. The van der Waals surface area contributed by atoms with Gasteiger partial charge in [0.15, 0.2) is 0 Å². The fourth-order valence-electron chi connectivity index (χ4n) is 2.50. The van der Waals surface area contributed by atoms with Crippen LogP contribution in [0.25, 0.3) is 0 Å². The van der Waals surface area contributed by atoms with Gasteiger partial charge >= 0.3 is 0 Å². The van der Waals surface area contributed by atoms with Gasteiger partial charge in [-0.1, -0.05) is 40.9 Å². The molecule has 0 N–H and O–H groups in total. The van der Waals surface area contributed by atoms with E-state index in [9.17, 15) is 9.59 Å². The van der Waals surface area contributed by atoms with Gasteiger partial charge in [0.2, 0.25) is 0 Å². The first-order valence-electron chi connectivity index (χ1n) is 7.21. The van der Waals surface area contributed by atoms with E-state index in [2.05, 4.69) is 0 Å². The Morgan fingerprint density at radius 1 is 0.958 bits per heavy atom. The summed E-state index contributed by atoms with van der Waals surface area (Å²) < 4.78 is 5.58. The van der Waals surface area contributed by atoms with Crippen LogP contribution in [0.2, 0.25) is 15.1 Å². The summed E-state index contributed by atoms with van der Waals surface area (Å²) in [6, 6.07) is 9.91. The average Bonchev–Trinajstić information content (AvgIpc) is 2.81. The SMILES string of the molecule is O=C1C(=O)N(CCCOc2ccc(Cl)c(Cl)c2)c2c(Cl)cccc21. The van der Waals surface area contributed by atoms with Gasteiger partial charge in [-0.05, 0) is 30.7 Å². The number of para-hydroxylation sites is 1. The summed E-state index contributed by atoms with van der Waals surface area (Å²) >= 11 is 17.9. The number of benzene rings is 2. The highest BCUT2D eigenvalue weighted by Gasteiger charge is 2.36. The average molecular weight is 385 g/mol. The van der Waals surface area contributed by atoms with E-state index in [4.69, 9.17) is 39.5 Å². The quantitative estimate of drug-likeness (QED) is 0.557. The highest BCUT2D eigenvalue weighted by atomic mass is 35.5. The lowest BCUT2D eigenvalue weighted by Gasteiger charge is -2.17. The van der Waals surface area contributed by atoms with Crippen molar-refractivity contribution in [1.29, 1.82) is 0 Å². The van der Waals surface area contributed by atoms with Crippen LogP contribution in [-0.4, -0.2) is 24.8 Å². The number of nitrogens with zero attached hydrogens (tertiary/aromatic N) is 1. The zero-order valence-electron chi connectivity index (χ0n) is 12.4. The van der Waals surface area contributed by atoms with Crippen LogP contribution in [0.1, 0.15) is 16.8 Å². The van der Waals surface area contributed by atoms with Crippen LogP contribution in [0.5, 0.6) is 5.75 Å². The molecule has 4 nitrogen and oxygen atoms in total. The van der Waals surface area contributed by atoms with Gasteiger partial charge in [0, 0.05) is 12.6 Å². The number of anilines is 1. The van der Waals surface area contributed by atoms with Gasteiger partial charge in [-0.25, -0.2) is 0 Å². The molecule has 1 amide bonds. The van der Waals surface area contributed by atoms with Crippen molar-refractivity contribution < 1.29 is 14.3 Å². The van der Waals surface area contributed by atoms with Gasteiger partial charge in [-0.2, -0.15) is 0 Å². The van der Waals surface area contributed by atoms with Crippen LogP contribution in [0, 0.1) is 0 Å². The topological polar surface area (TPSA) is 46.6 Å². The third-order valence-corrected chi connectivity index (χ3v) is 4.67. The fourth-order valence-corrected chi connectivity index (χ4v) is 3.07. The predicted molar refractivity (Wildman–Crippen MR) is 94.7 cm³/mol. The van der Waals surface area contributed by atoms with Crippen molar-refractivity contribution in [3.63, 3.8) is 0 Å². The lowest BCUT2D eigenvalue weighted by molar-refractivity contribution is -0.114. The van der Waals surface area contributed by atoms with Crippen LogP contribution in [0.15, 0.2) is 36.4 Å². The van der Waals surface area contributed by atoms with Crippen molar-refractivity contribution in [2.75, 3.05) is 18.1 Å². The minimum atomic E-state index is -0.562. The molecule has 0 saturated carbocycles. The number of Topliss-reactive ketones (excluding diaryl/α,β-unsaturated/α-hetero) is 1. The van der Waals surface area contributed by atoms with Crippen LogP contribution in [0.4, 0.5) is 5.69 Å². The van der Waals surface area contributed by atoms with Gasteiger partial charge in [0.05, 0.1) is 32.9 Å². The monoisotopic (exact) mass is 383 g/mol. The smallest absolute Gasteiger partial charge is 0.299 e. The molecule has 0 bridgehead atoms. The van der Waals surface area contributed by atoms with Crippen LogP contribution < -0.4 is 9.64 Å². The molecule has 0 aliphatic carbocycles. The molecule has 124 valence electrons. The minimum absolute atomic E-state index is 0.336. The third kappa shape index (κ3) is 3.22. The molecule has 1 aliphatic rings. The summed E-state index contributed by atoms with van der Waals surface area (Å²) in [6.07, 6.45) is 0.532. The van der Waals surface area contributed by atoms with E-state index in [-0.39, 0.29) is 0 Å². The molecule has 0 atom stereocenters. The number of ketones is 1. The van der Waals surface area contributed by atoms with Crippen molar-refractivity contribution >= 4 is 52.2 Å². The predicted octanol–water partition coefficient (Wildman–Crippen LogP) is 4.65. The number of amides is 1. The Morgan fingerprint density at radius 2 is 1.75 bits per heavy atom. The summed E-state index contributed by atoms with van der Waals surface area (Å²) in [6.45, 7) is 0.693. The molecule has 0 fully saturated rings. The summed E-state index contributed by atoms with van der Waals surface area (Å²) in [7, 11) is 0. The fraction of sp³-hybridized carbons (Fsp3) is 0.176. The van der Waals surface area contributed by atoms with Crippen molar-refractivity contribution in [1.82, 2.24) is 0 Å². The number of ether oxygens (including phenoxy) is 1. The molecule has 0 unspecified atom stereocenters. The van der Waals surface area contributed by atoms with E-state index < -0.39 is 11.7 Å². The summed E-state index contributed by atoms with van der Waals surface area (Å²) in [5.41, 5.74) is 0.821. The summed E-state index contributed by atoms with van der Waals surface area (Å²) in [4.78, 5) is 25.5. The van der Waals surface area contributed by atoms with Gasteiger partial charge < -0.3 is 9.64 Å². The van der Waals surface area contributed by atoms with E-state index in [1.54, 1.807) is 36.4 Å². The van der Waals surface area contributed by atoms with Crippen LogP contribution in [-0.2, 0) is 4.79 Å². The van der Waals surface area contributed by atoms with Crippen molar-refractivity contribution in [2.24, 2.45) is 0 Å². The number of hydrogen-bond acceptors (Lipinski definition) is 3. The maximum atomic E-state index is 12.1. The first kappa shape index (κ1) is 17.1. The maximum Gasteiger partial charge on any atom is 0.299 e. The second-order valence-corrected chi connectivity index (χ2v) is 6.42. The largest absolute Gasteiger partial charge is 0.493 e. The Morgan fingerprint density at radius 3 is 2.50 bits per heavy atom. The van der Waals surface area contributed by atoms with E-state index in [1.165, 1.54) is 4.90 Å². The highest BCUT2D eigenvalue weighted by molar-refractivity contribution is 6.54. The standard InChI is InChI=1S/C17H12Cl3NO3/c18-12-6-5-10(9-14(12)20)24-8-2-7-21-15-11(16(22)17(21)23)3-1-4-13(15)19/h1,3-6,9H,2,7-8H2. The van der Waals surface area contributed by atoms with Crippen LogP contribution in [0.3, 0.4) is 0 Å². The number of hydrogen-bond donors (Lipinski definition) is 0. The van der Waals surface area contributed by atoms with E-state index in [1.807, 2.05) is 0 Å². The Labute approximate surface area is 153 Å². The Balaban J connectivity index is 1.62. The molecule has 0 spiro atoms. The minimum Gasteiger partial charge on any atom is -0.493 e. The van der Waals surface area contributed by atoms with Crippen molar-refractivity contribution in [3.8, 4) is 5.75 Å². The zero-order valence-corrected chi connectivity index (χ0v) is 14.7. The number of fused-ring (bicyclic) bond motifs is 1. The van der Waals surface area contributed by atoms with Gasteiger partial charge in [-0.15, -0.1) is 0 Å². The second kappa shape index (κ2) is 7.01. The number of carbonyl (C=O) groups is 2. The number of carbonyl (C=O) groups excluding carboxylic acids is 2. The van der Waals surface area contributed by atoms with Gasteiger partial charge in [-0.3, -0.25) is 9.59 Å². The summed E-state index contributed by atoms with van der Waals surface area (Å²) in [5, 5.41) is 1.25.